The van der Waals surface area contributed by atoms with Crippen molar-refractivity contribution < 1.29 is 4.74 Å². The van der Waals surface area contributed by atoms with E-state index in [1.54, 1.807) is 13.3 Å². The fourth-order valence-corrected chi connectivity index (χ4v) is 1.89. The molecule has 1 atom stereocenters. The molecule has 3 heteroatoms. The fraction of sp³-hybridized carbons (Fsp3) is 0.615. The lowest BCUT2D eigenvalue weighted by Crippen LogP contribution is -2.23. The first-order valence-electron chi connectivity index (χ1n) is 5.90. The molecule has 0 aliphatic heterocycles. The van der Waals surface area contributed by atoms with Gasteiger partial charge in [0.1, 0.15) is 5.75 Å². The summed E-state index contributed by atoms with van der Waals surface area (Å²) in [6.45, 7) is 7.56. The van der Waals surface area contributed by atoms with Gasteiger partial charge in [-0.3, -0.25) is 4.98 Å². The molecule has 1 heterocycles. The van der Waals surface area contributed by atoms with Crippen molar-refractivity contribution in [1.29, 1.82) is 0 Å². The minimum atomic E-state index is 0.350. The standard InChI is InChI=1S/C13H22N2O/c1-5-15-12(8-10(2)3)11-6-7-14-9-13(11)16-4/h6-7,9-10,12,15H,5,8H2,1-4H3. The Morgan fingerprint density at radius 2 is 2.19 bits per heavy atom. The summed E-state index contributed by atoms with van der Waals surface area (Å²) in [6.07, 6.45) is 4.71. The van der Waals surface area contributed by atoms with Gasteiger partial charge >= 0.3 is 0 Å². The van der Waals surface area contributed by atoms with Gasteiger partial charge in [0.25, 0.3) is 0 Å². The van der Waals surface area contributed by atoms with Crippen LogP contribution in [0.25, 0.3) is 0 Å². The average molecular weight is 222 g/mol. The minimum absolute atomic E-state index is 0.350. The molecule has 0 bridgehead atoms. The highest BCUT2D eigenvalue weighted by atomic mass is 16.5. The first-order chi connectivity index (χ1) is 7.69. The maximum absolute atomic E-state index is 5.35. The Kier molecular flexibility index (Phi) is 5.26. The SMILES string of the molecule is CCNC(CC(C)C)c1ccncc1OC. The van der Waals surface area contributed by atoms with Crippen molar-refractivity contribution in [1.82, 2.24) is 10.3 Å². The monoisotopic (exact) mass is 222 g/mol. The smallest absolute Gasteiger partial charge is 0.141 e. The third-order valence-corrected chi connectivity index (χ3v) is 2.57. The van der Waals surface area contributed by atoms with E-state index in [0.717, 1.165) is 18.7 Å². The Morgan fingerprint density at radius 3 is 2.75 bits per heavy atom. The second kappa shape index (κ2) is 6.48. The van der Waals surface area contributed by atoms with Crippen LogP contribution in [0.15, 0.2) is 18.5 Å². The highest BCUT2D eigenvalue weighted by molar-refractivity contribution is 5.32. The summed E-state index contributed by atoms with van der Waals surface area (Å²) in [5, 5.41) is 3.50. The van der Waals surface area contributed by atoms with Gasteiger partial charge in [0, 0.05) is 17.8 Å². The molecule has 3 nitrogen and oxygen atoms in total. The number of hydrogen-bond acceptors (Lipinski definition) is 3. The number of hydrogen-bond donors (Lipinski definition) is 1. The first kappa shape index (κ1) is 13.0. The maximum Gasteiger partial charge on any atom is 0.141 e. The molecule has 1 aromatic heterocycles. The van der Waals surface area contributed by atoms with E-state index in [1.165, 1.54) is 5.56 Å². The van der Waals surface area contributed by atoms with Crippen LogP contribution in [0.3, 0.4) is 0 Å². The summed E-state index contributed by atoms with van der Waals surface area (Å²) in [7, 11) is 1.69. The van der Waals surface area contributed by atoms with Crippen LogP contribution in [0.4, 0.5) is 0 Å². The van der Waals surface area contributed by atoms with E-state index in [0.29, 0.717) is 12.0 Å². The van der Waals surface area contributed by atoms with Crippen molar-refractivity contribution in [2.45, 2.75) is 33.2 Å². The van der Waals surface area contributed by atoms with Gasteiger partial charge in [0.2, 0.25) is 0 Å². The Morgan fingerprint density at radius 1 is 1.44 bits per heavy atom. The molecule has 0 aromatic carbocycles. The second-order valence-electron chi connectivity index (χ2n) is 4.36. The molecule has 0 fully saturated rings. The summed E-state index contributed by atoms with van der Waals surface area (Å²) >= 11 is 0. The Labute approximate surface area is 98.2 Å². The van der Waals surface area contributed by atoms with E-state index in [9.17, 15) is 0 Å². The van der Waals surface area contributed by atoms with Crippen molar-refractivity contribution in [3.8, 4) is 5.75 Å². The molecule has 0 amide bonds. The van der Waals surface area contributed by atoms with Gasteiger partial charge < -0.3 is 10.1 Å². The highest BCUT2D eigenvalue weighted by Gasteiger charge is 2.16. The van der Waals surface area contributed by atoms with E-state index in [2.05, 4.69) is 31.1 Å². The van der Waals surface area contributed by atoms with E-state index >= 15 is 0 Å². The molecule has 0 aliphatic carbocycles. The van der Waals surface area contributed by atoms with Gasteiger partial charge in [-0.2, -0.15) is 0 Å². The van der Waals surface area contributed by atoms with Crippen LogP contribution in [0.5, 0.6) is 5.75 Å². The molecule has 0 aliphatic rings. The van der Waals surface area contributed by atoms with Crippen molar-refractivity contribution >= 4 is 0 Å². The molecule has 0 saturated heterocycles. The number of nitrogens with one attached hydrogen (secondary N) is 1. The Hall–Kier alpha value is -1.09. The van der Waals surface area contributed by atoms with E-state index in [4.69, 9.17) is 4.74 Å². The number of ether oxygens (including phenoxy) is 1. The normalized spacial score (nSPS) is 12.8. The first-order valence-corrected chi connectivity index (χ1v) is 5.90. The molecule has 0 saturated carbocycles. The molecule has 1 aromatic rings. The van der Waals surface area contributed by atoms with E-state index < -0.39 is 0 Å². The van der Waals surface area contributed by atoms with Gasteiger partial charge in [-0.25, -0.2) is 0 Å². The zero-order chi connectivity index (χ0) is 12.0. The molecule has 1 rings (SSSR count). The highest BCUT2D eigenvalue weighted by Crippen LogP contribution is 2.28. The number of nitrogens with zero attached hydrogens (tertiary/aromatic N) is 1. The molecule has 0 radical (unpaired) electrons. The molecule has 90 valence electrons. The number of pyridine rings is 1. The summed E-state index contributed by atoms with van der Waals surface area (Å²) in [6, 6.07) is 2.39. The van der Waals surface area contributed by atoms with Crippen LogP contribution in [-0.4, -0.2) is 18.6 Å². The summed E-state index contributed by atoms with van der Waals surface area (Å²) in [4.78, 5) is 4.09. The van der Waals surface area contributed by atoms with Gasteiger partial charge in [0.15, 0.2) is 0 Å². The van der Waals surface area contributed by atoms with Crippen molar-refractivity contribution in [2.24, 2.45) is 5.92 Å². The van der Waals surface area contributed by atoms with Gasteiger partial charge in [-0.15, -0.1) is 0 Å². The van der Waals surface area contributed by atoms with Gasteiger partial charge in [0.05, 0.1) is 13.3 Å². The molecule has 16 heavy (non-hydrogen) atoms. The van der Waals surface area contributed by atoms with E-state index in [-0.39, 0.29) is 0 Å². The van der Waals surface area contributed by atoms with E-state index in [1.807, 2.05) is 12.3 Å². The van der Waals surface area contributed by atoms with Crippen LogP contribution in [0, 0.1) is 5.92 Å². The zero-order valence-corrected chi connectivity index (χ0v) is 10.7. The van der Waals surface area contributed by atoms with Crippen LogP contribution < -0.4 is 10.1 Å². The predicted molar refractivity (Wildman–Crippen MR) is 66.7 cm³/mol. The lowest BCUT2D eigenvalue weighted by molar-refractivity contribution is 0.382. The van der Waals surface area contributed by atoms with Crippen LogP contribution in [0.1, 0.15) is 38.8 Å². The van der Waals surface area contributed by atoms with Gasteiger partial charge in [-0.05, 0) is 24.9 Å². The van der Waals surface area contributed by atoms with Crippen LogP contribution in [0.2, 0.25) is 0 Å². The summed E-state index contributed by atoms with van der Waals surface area (Å²) in [5.74, 6) is 1.52. The second-order valence-corrected chi connectivity index (χ2v) is 4.36. The quantitative estimate of drug-likeness (QED) is 0.803. The summed E-state index contributed by atoms with van der Waals surface area (Å²) < 4.78 is 5.35. The van der Waals surface area contributed by atoms with Crippen molar-refractivity contribution in [3.63, 3.8) is 0 Å². The Bertz CT molecular complexity index is 313. The molecule has 1 unspecified atom stereocenters. The average Bonchev–Trinajstić information content (AvgIpc) is 2.28. The maximum atomic E-state index is 5.35. The number of aromatic nitrogens is 1. The van der Waals surface area contributed by atoms with Crippen LogP contribution >= 0.6 is 0 Å². The van der Waals surface area contributed by atoms with Crippen molar-refractivity contribution in [3.05, 3.63) is 24.0 Å². The Balaban J connectivity index is 2.90. The molecule has 1 N–H and O–H groups in total. The zero-order valence-electron chi connectivity index (χ0n) is 10.7. The number of methoxy groups -OCH3 is 1. The lowest BCUT2D eigenvalue weighted by atomic mass is 9.97. The topological polar surface area (TPSA) is 34.2 Å². The largest absolute Gasteiger partial charge is 0.495 e. The van der Waals surface area contributed by atoms with Crippen molar-refractivity contribution in [2.75, 3.05) is 13.7 Å². The molecule has 0 spiro atoms. The molecular weight excluding hydrogens is 200 g/mol. The molecular formula is C13H22N2O. The third kappa shape index (κ3) is 3.49. The third-order valence-electron chi connectivity index (χ3n) is 2.57. The number of rotatable bonds is 6. The summed E-state index contributed by atoms with van der Waals surface area (Å²) in [5.41, 5.74) is 1.20. The minimum Gasteiger partial charge on any atom is -0.495 e. The lowest BCUT2D eigenvalue weighted by Gasteiger charge is -2.22. The predicted octanol–water partition coefficient (Wildman–Crippen LogP) is 2.79. The fourth-order valence-electron chi connectivity index (χ4n) is 1.89. The van der Waals surface area contributed by atoms with Gasteiger partial charge in [-0.1, -0.05) is 20.8 Å². The van der Waals surface area contributed by atoms with Crippen LogP contribution in [-0.2, 0) is 0 Å².